The largest absolute Gasteiger partial charge is 0.456 e. The van der Waals surface area contributed by atoms with Gasteiger partial charge >= 0.3 is 0 Å². The number of hydrogen-bond donors (Lipinski definition) is 0. The zero-order valence-corrected chi connectivity index (χ0v) is 49.4. The van der Waals surface area contributed by atoms with Gasteiger partial charge < -0.3 is 18.6 Å². The number of rotatable bonds is 11. The summed E-state index contributed by atoms with van der Waals surface area (Å²) in [4.78, 5) is 4.96. The van der Waals surface area contributed by atoms with Crippen LogP contribution in [0, 0.1) is 27.7 Å². The summed E-state index contributed by atoms with van der Waals surface area (Å²) in [7, 11) is 0. The minimum Gasteiger partial charge on any atom is -0.456 e. The van der Waals surface area contributed by atoms with Crippen LogP contribution in [0.15, 0.2) is 300 Å². The first-order valence-corrected chi connectivity index (χ1v) is 30.3. The fraction of sp³-hybridized carbons (Fsp3) is 0.0476. The molecule has 0 unspecified atom stereocenters. The van der Waals surface area contributed by atoms with Crippen LogP contribution in [-0.4, -0.2) is 0 Å². The normalized spacial score (nSPS) is 11.6. The molecule has 0 radical (unpaired) electrons. The van der Waals surface area contributed by atoms with Crippen LogP contribution < -0.4 is 9.80 Å². The quantitative estimate of drug-likeness (QED) is 0.129. The van der Waals surface area contributed by atoms with Gasteiger partial charge in [0.2, 0.25) is 0 Å². The van der Waals surface area contributed by atoms with Crippen molar-refractivity contribution in [3.63, 3.8) is 0 Å². The molecule has 2 heterocycles. The molecule has 2 aromatic heterocycles. The van der Waals surface area contributed by atoms with E-state index < -0.39 is 0 Å². The van der Waals surface area contributed by atoms with Gasteiger partial charge in [0, 0.05) is 55.4 Å². The highest BCUT2D eigenvalue weighted by Crippen LogP contribution is 2.49. The van der Waals surface area contributed by atoms with Gasteiger partial charge in [0.15, 0.2) is 0 Å². The van der Waals surface area contributed by atoms with E-state index in [2.05, 4.69) is 304 Å². The van der Waals surface area contributed by atoms with Crippen LogP contribution in [0.5, 0.6) is 0 Å². The summed E-state index contributed by atoms with van der Waals surface area (Å²) < 4.78 is 12.5. The maximum Gasteiger partial charge on any atom is 0.135 e. The summed E-state index contributed by atoms with van der Waals surface area (Å²) in [5, 5.41) is 9.36. The van der Waals surface area contributed by atoms with Crippen molar-refractivity contribution in [3.8, 4) is 55.6 Å². The lowest BCUT2D eigenvalue weighted by Gasteiger charge is -2.32. The number of furan rings is 2. The van der Waals surface area contributed by atoms with E-state index in [0.29, 0.717) is 0 Å². The molecule has 0 aliphatic heterocycles. The standard InChI is InChI=1S/C84H60N2O2/c1-53-17-13-29-73(69-27-15-21-59-19-5-7-23-67(59)69)83(53)85(65-41-33-57(34-42-65)63-39-47-81-75(51-63)71-25-9-11-31-79(71)87-81)77-45-37-61(49-55(77)3)62-38-46-78(56(4)50-62)86(84-54(2)18-14-30-74(84)70-28-16-22-60-20-6-8-24-68(60)70)66-43-35-58(36-44-66)64-40-48-82-76(52-64)72-26-10-12-32-80(72)88-82/h5-52H,1-4H3. The van der Waals surface area contributed by atoms with Gasteiger partial charge in [-0.25, -0.2) is 0 Å². The molecular weight excluding hydrogens is 1070 g/mol. The summed E-state index contributed by atoms with van der Waals surface area (Å²) in [6.07, 6.45) is 0. The topological polar surface area (TPSA) is 32.8 Å². The van der Waals surface area contributed by atoms with Gasteiger partial charge in [0.05, 0.1) is 11.4 Å². The molecule has 418 valence electrons. The molecule has 0 amide bonds. The number of benzene rings is 14. The Kier molecular flexibility index (Phi) is 12.7. The Bertz CT molecular complexity index is 5050. The molecule has 16 rings (SSSR count). The van der Waals surface area contributed by atoms with Gasteiger partial charge in [-0.1, -0.05) is 206 Å². The molecule has 0 aliphatic carbocycles. The zero-order valence-electron chi connectivity index (χ0n) is 49.4. The summed E-state index contributed by atoms with van der Waals surface area (Å²) in [6.45, 7) is 9.00. The predicted molar refractivity (Wildman–Crippen MR) is 372 cm³/mol. The highest BCUT2D eigenvalue weighted by atomic mass is 16.3. The maximum atomic E-state index is 6.23. The molecule has 14 aromatic carbocycles. The highest BCUT2D eigenvalue weighted by molar-refractivity contribution is 6.09. The molecule has 16 aromatic rings. The average molecular weight is 1130 g/mol. The van der Waals surface area contributed by atoms with Gasteiger partial charge in [0.1, 0.15) is 22.3 Å². The molecule has 88 heavy (non-hydrogen) atoms. The fourth-order valence-corrected chi connectivity index (χ4v) is 13.6. The smallest absolute Gasteiger partial charge is 0.135 e. The minimum atomic E-state index is 0.894. The van der Waals surface area contributed by atoms with E-state index in [9.17, 15) is 0 Å². The molecule has 0 saturated heterocycles. The third kappa shape index (κ3) is 9.00. The highest BCUT2D eigenvalue weighted by Gasteiger charge is 2.25. The van der Waals surface area contributed by atoms with Crippen molar-refractivity contribution in [1.82, 2.24) is 0 Å². The van der Waals surface area contributed by atoms with Gasteiger partial charge in [0.25, 0.3) is 0 Å². The van der Waals surface area contributed by atoms with Crippen LogP contribution in [-0.2, 0) is 0 Å². The molecule has 0 bridgehead atoms. The third-order valence-electron chi connectivity index (χ3n) is 18.0. The van der Waals surface area contributed by atoms with E-state index >= 15 is 0 Å². The zero-order chi connectivity index (χ0) is 59.0. The Morgan fingerprint density at radius 2 is 0.557 bits per heavy atom. The number of nitrogens with zero attached hydrogens (tertiary/aromatic N) is 2. The summed E-state index contributed by atoms with van der Waals surface area (Å²) in [5.41, 5.74) is 26.6. The van der Waals surface area contributed by atoms with Gasteiger partial charge in [-0.2, -0.15) is 0 Å². The number of fused-ring (bicyclic) bond motifs is 8. The van der Waals surface area contributed by atoms with Crippen molar-refractivity contribution in [1.29, 1.82) is 0 Å². The van der Waals surface area contributed by atoms with Crippen molar-refractivity contribution in [2.75, 3.05) is 9.80 Å². The number of para-hydroxylation sites is 4. The predicted octanol–water partition coefficient (Wildman–Crippen LogP) is 24.3. The van der Waals surface area contributed by atoms with Crippen molar-refractivity contribution >= 4 is 99.5 Å². The molecule has 0 fully saturated rings. The minimum absolute atomic E-state index is 0.894. The van der Waals surface area contributed by atoms with Crippen molar-refractivity contribution < 1.29 is 8.83 Å². The Morgan fingerprint density at radius 3 is 0.989 bits per heavy atom. The first-order valence-electron chi connectivity index (χ1n) is 30.3. The second-order valence-corrected chi connectivity index (χ2v) is 23.4. The Labute approximate surface area is 512 Å². The second kappa shape index (κ2) is 21.4. The second-order valence-electron chi connectivity index (χ2n) is 23.4. The number of anilines is 6. The lowest BCUT2D eigenvalue weighted by molar-refractivity contribution is 0.668. The van der Waals surface area contributed by atoms with Crippen molar-refractivity contribution in [3.05, 3.63) is 313 Å². The molecule has 0 saturated carbocycles. The molecule has 0 aliphatic rings. The van der Waals surface area contributed by atoms with Crippen LogP contribution in [0.1, 0.15) is 22.3 Å². The van der Waals surface area contributed by atoms with Crippen LogP contribution in [0.25, 0.3) is 121 Å². The van der Waals surface area contributed by atoms with Crippen LogP contribution in [0.2, 0.25) is 0 Å². The van der Waals surface area contributed by atoms with E-state index in [-0.39, 0.29) is 0 Å². The van der Waals surface area contributed by atoms with Crippen molar-refractivity contribution in [2.45, 2.75) is 27.7 Å². The van der Waals surface area contributed by atoms with Gasteiger partial charge in [-0.15, -0.1) is 0 Å². The summed E-state index contributed by atoms with van der Waals surface area (Å²) in [5.74, 6) is 0. The average Bonchev–Trinajstić information content (AvgIpc) is 2.79. The lowest BCUT2D eigenvalue weighted by atomic mass is 9.93. The monoisotopic (exact) mass is 1130 g/mol. The fourth-order valence-electron chi connectivity index (χ4n) is 13.6. The molecular formula is C84H60N2O2. The number of hydrogen-bond acceptors (Lipinski definition) is 4. The third-order valence-corrected chi connectivity index (χ3v) is 18.0. The Balaban J connectivity index is 0.806. The Morgan fingerprint density at radius 1 is 0.227 bits per heavy atom. The van der Waals surface area contributed by atoms with Crippen LogP contribution in [0.4, 0.5) is 34.1 Å². The first kappa shape index (κ1) is 52.4. The van der Waals surface area contributed by atoms with E-state index in [4.69, 9.17) is 8.83 Å². The maximum absolute atomic E-state index is 6.23. The molecule has 0 N–H and O–H groups in total. The molecule has 4 heteroatoms. The van der Waals surface area contributed by atoms with E-state index in [0.717, 1.165) is 123 Å². The molecule has 4 nitrogen and oxygen atoms in total. The van der Waals surface area contributed by atoms with E-state index in [1.165, 1.54) is 54.9 Å². The van der Waals surface area contributed by atoms with Gasteiger partial charge in [-0.3, -0.25) is 0 Å². The van der Waals surface area contributed by atoms with Crippen molar-refractivity contribution in [2.24, 2.45) is 0 Å². The molecule has 0 spiro atoms. The summed E-state index contributed by atoms with van der Waals surface area (Å²) in [6, 6.07) is 106. The number of aryl methyl sites for hydroxylation is 4. The van der Waals surface area contributed by atoms with E-state index in [1.807, 2.05) is 24.3 Å². The van der Waals surface area contributed by atoms with Gasteiger partial charge in [-0.05, 0) is 201 Å². The molecule has 0 atom stereocenters. The Hall–Kier alpha value is -11.2. The summed E-state index contributed by atoms with van der Waals surface area (Å²) >= 11 is 0. The van der Waals surface area contributed by atoms with Crippen LogP contribution >= 0.6 is 0 Å². The SMILES string of the molecule is Cc1cc(-c2ccc(N(c3ccc(-c4ccc5oc6ccccc6c5c4)cc3)c3c(C)cccc3-c3cccc4ccccc34)c(C)c2)ccc1N(c1ccc(-c2ccc3oc4ccccc4c3c2)cc1)c1c(C)cccc1-c1cccc2ccccc12. The lowest BCUT2D eigenvalue weighted by Crippen LogP contribution is -2.14. The first-order chi connectivity index (χ1) is 43.3. The van der Waals surface area contributed by atoms with E-state index in [1.54, 1.807) is 0 Å². The van der Waals surface area contributed by atoms with Crippen LogP contribution in [0.3, 0.4) is 0 Å².